The zero-order chi connectivity index (χ0) is 18.4. The number of hydrogen-bond donors (Lipinski definition) is 0. The molecule has 3 aliphatic rings. The maximum absolute atomic E-state index is 13.3. The van der Waals surface area contributed by atoms with E-state index < -0.39 is 0 Å². The van der Waals surface area contributed by atoms with Gasteiger partial charge in [0.1, 0.15) is 13.2 Å². The highest BCUT2D eigenvalue weighted by Gasteiger charge is 2.46. The van der Waals surface area contributed by atoms with E-state index in [0.29, 0.717) is 18.8 Å². The largest absolute Gasteiger partial charge is 0.486 e. The Kier molecular flexibility index (Phi) is 3.85. The molecule has 1 aromatic carbocycles. The van der Waals surface area contributed by atoms with E-state index >= 15 is 0 Å². The third kappa shape index (κ3) is 2.59. The average Bonchev–Trinajstić information content (AvgIpc) is 3.19. The molecule has 2 aromatic rings. The molecule has 5 heteroatoms. The van der Waals surface area contributed by atoms with Gasteiger partial charge in [-0.15, -0.1) is 0 Å². The van der Waals surface area contributed by atoms with E-state index in [9.17, 15) is 4.79 Å². The highest BCUT2D eigenvalue weighted by atomic mass is 16.6. The van der Waals surface area contributed by atoms with Gasteiger partial charge in [-0.05, 0) is 55.2 Å². The predicted molar refractivity (Wildman–Crippen MR) is 101 cm³/mol. The molecule has 5 nitrogen and oxygen atoms in total. The lowest BCUT2D eigenvalue weighted by atomic mass is 9.71. The van der Waals surface area contributed by atoms with Crippen LogP contribution in [0.25, 0.3) is 0 Å². The first-order valence-electron chi connectivity index (χ1n) is 9.83. The molecular formula is C22H24N2O3. The fourth-order valence-corrected chi connectivity index (χ4v) is 5.01. The summed E-state index contributed by atoms with van der Waals surface area (Å²) in [6.07, 6.45) is 8.02. The SMILES string of the molecule is CC1c2cc3c(cc2C2(CCCC2)CN1C(=O)c1ccncc1)OCCO3. The van der Waals surface area contributed by atoms with Crippen molar-refractivity contribution in [1.82, 2.24) is 9.88 Å². The van der Waals surface area contributed by atoms with Gasteiger partial charge in [-0.2, -0.15) is 0 Å². The Morgan fingerprint density at radius 2 is 1.78 bits per heavy atom. The van der Waals surface area contributed by atoms with Crippen molar-refractivity contribution >= 4 is 5.91 Å². The van der Waals surface area contributed by atoms with Crippen molar-refractivity contribution in [1.29, 1.82) is 0 Å². The molecule has 5 rings (SSSR count). The van der Waals surface area contributed by atoms with Crippen LogP contribution in [-0.4, -0.2) is 35.5 Å². The number of fused-ring (bicyclic) bond motifs is 3. The number of benzene rings is 1. The van der Waals surface area contributed by atoms with E-state index in [2.05, 4.69) is 24.0 Å². The van der Waals surface area contributed by atoms with E-state index in [1.54, 1.807) is 24.5 Å². The molecule has 1 atom stereocenters. The summed E-state index contributed by atoms with van der Waals surface area (Å²) >= 11 is 0. The lowest BCUT2D eigenvalue weighted by Gasteiger charge is -2.46. The highest BCUT2D eigenvalue weighted by Crippen LogP contribution is 2.52. The first-order chi connectivity index (χ1) is 13.2. The smallest absolute Gasteiger partial charge is 0.254 e. The monoisotopic (exact) mass is 364 g/mol. The van der Waals surface area contributed by atoms with Crippen molar-refractivity contribution in [2.24, 2.45) is 0 Å². The molecule has 1 amide bonds. The van der Waals surface area contributed by atoms with Crippen LogP contribution in [0.4, 0.5) is 0 Å². The Bertz CT molecular complexity index is 875. The van der Waals surface area contributed by atoms with Crippen LogP contribution < -0.4 is 9.47 Å². The quantitative estimate of drug-likeness (QED) is 0.770. The molecule has 1 aromatic heterocycles. The van der Waals surface area contributed by atoms with Crippen LogP contribution >= 0.6 is 0 Å². The molecule has 1 saturated carbocycles. The Morgan fingerprint density at radius 1 is 1.11 bits per heavy atom. The Hall–Kier alpha value is -2.56. The lowest BCUT2D eigenvalue weighted by Crippen LogP contribution is -2.48. The van der Waals surface area contributed by atoms with Gasteiger partial charge >= 0.3 is 0 Å². The molecule has 1 spiro atoms. The number of aromatic nitrogens is 1. The van der Waals surface area contributed by atoms with Gasteiger partial charge < -0.3 is 14.4 Å². The average molecular weight is 364 g/mol. The molecule has 3 heterocycles. The van der Waals surface area contributed by atoms with E-state index in [4.69, 9.17) is 9.47 Å². The van der Waals surface area contributed by atoms with Gasteiger partial charge in [0.2, 0.25) is 0 Å². The number of ether oxygens (including phenoxy) is 2. The second kappa shape index (κ2) is 6.25. The van der Waals surface area contributed by atoms with Crippen LogP contribution in [0, 0.1) is 0 Å². The van der Waals surface area contributed by atoms with Crippen LogP contribution in [0.1, 0.15) is 60.1 Å². The minimum Gasteiger partial charge on any atom is -0.486 e. The molecule has 27 heavy (non-hydrogen) atoms. The Morgan fingerprint density at radius 3 is 2.48 bits per heavy atom. The lowest BCUT2D eigenvalue weighted by molar-refractivity contribution is 0.0593. The maximum Gasteiger partial charge on any atom is 0.254 e. The third-order valence-corrected chi connectivity index (χ3v) is 6.43. The van der Waals surface area contributed by atoms with Crippen LogP contribution in [0.15, 0.2) is 36.7 Å². The van der Waals surface area contributed by atoms with Crippen molar-refractivity contribution in [2.45, 2.75) is 44.1 Å². The van der Waals surface area contributed by atoms with Gasteiger partial charge in [0.25, 0.3) is 5.91 Å². The van der Waals surface area contributed by atoms with E-state index in [1.807, 2.05) is 4.90 Å². The van der Waals surface area contributed by atoms with Crippen molar-refractivity contribution in [2.75, 3.05) is 19.8 Å². The normalized spacial score (nSPS) is 22.6. The van der Waals surface area contributed by atoms with Crippen LogP contribution in [0.2, 0.25) is 0 Å². The molecule has 0 radical (unpaired) electrons. The minimum atomic E-state index is 0.00252. The summed E-state index contributed by atoms with van der Waals surface area (Å²) in [5.74, 6) is 1.74. The molecule has 1 aliphatic carbocycles. The van der Waals surface area contributed by atoms with E-state index in [-0.39, 0.29) is 17.4 Å². The predicted octanol–water partition coefficient (Wildman–Crippen LogP) is 3.88. The van der Waals surface area contributed by atoms with Gasteiger partial charge in [-0.25, -0.2) is 0 Å². The minimum absolute atomic E-state index is 0.00252. The van der Waals surface area contributed by atoms with Crippen LogP contribution in [0.3, 0.4) is 0 Å². The maximum atomic E-state index is 13.3. The molecule has 2 aliphatic heterocycles. The zero-order valence-corrected chi connectivity index (χ0v) is 15.6. The molecule has 140 valence electrons. The van der Waals surface area contributed by atoms with Crippen molar-refractivity contribution < 1.29 is 14.3 Å². The topological polar surface area (TPSA) is 51.7 Å². The first kappa shape index (κ1) is 16.6. The number of rotatable bonds is 1. The first-order valence-corrected chi connectivity index (χ1v) is 9.83. The fourth-order valence-electron chi connectivity index (χ4n) is 5.01. The molecule has 1 fully saturated rings. The van der Waals surface area contributed by atoms with Crippen molar-refractivity contribution in [3.8, 4) is 11.5 Å². The number of pyridine rings is 1. The number of hydrogen-bond acceptors (Lipinski definition) is 4. The van der Waals surface area contributed by atoms with Gasteiger partial charge in [0.15, 0.2) is 11.5 Å². The Labute approximate surface area is 159 Å². The zero-order valence-electron chi connectivity index (χ0n) is 15.6. The number of carbonyl (C=O) groups is 1. The second-order valence-corrected chi connectivity index (χ2v) is 7.92. The van der Waals surface area contributed by atoms with E-state index in [0.717, 1.165) is 30.9 Å². The number of amides is 1. The van der Waals surface area contributed by atoms with Gasteiger partial charge in [0, 0.05) is 29.9 Å². The van der Waals surface area contributed by atoms with Crippen molar-refractivity contribution in [3.05, 3.63) is 53.3 Å². The second-order valence-electron chi connectivity index (χ2n) is 7.92. The third-order valence-electron chi connectivity index (χ3n) is 6.43. The summed E-state index contributed by atoms with van der Waals surface area (Å²) < 4.78 is 11.7. The standard InChI is InChI=1S/C22H24N2O3/c1-15-17-12-19-20(27-11-10-26-19)13-18(17)22(6-2-3-7-22)14-24(15)21(25)16-4-8-23-9-5-16/h4-5,8-9,12-13,15H,2-3,6-7,10-11,14H2,1H3. The van der Waals surface area contributed by atoms with Crippen LogP contribution in [-0.2, 0) is 5.41 Å². The highest BCUT2D eigenvalue weighted by molar-refractivity contribution is 5.94. The number of nitrogens with zero attached hydrogens (tertiary/aromatic N) is 2. The van der Waals surface area contributed by atoms with Gasteiger partial charge in [0.05, 0.1) is 6.04 Å². The molecular weight excluding hydrogens is 340 g/mol. The number of carbonyl (C=O) groups excluding carboxylic acids is 1. The summed E-state index contributed by atoms with van der Waals surface area (Å²) in [6.45, 7) is 4.06. The summed E-state index contributed by atoms with van der Waals surface area (Å²) in [4.78, 5) is 19.4. The van der Waals surface area contributed by atoms with Crippen LogP contribution in [0.5, 0.6) is 11.5 Å². The molecule has 1 unspecified atom stereocenters. The molecule has 0 saturated heterocycles. The Balaban J connectivity index is 1.61. The summed E-state index contributed by atoms with van der Waals surface area (Å²) in [6, 6.07) is 7.91. The van der Waals surface area contributed by atoms with Gasteiger partial charge in [-0.1, -0.05) is 12.8 Å². The molecule has 0 bridgehead atoms. The summed E-state index contributed by atoms with van der Waals surface area (Å²) in [5, 5.41) is 0. The summed E-state index contributed by atoms with van der Waals surface area (Å²) in [7, 11) is 0. The fraction of sp³-hybridized carbons (Fsp3) is 0.455. The molecule has 0 N–H and O–H groups in total. The van der Waals surface area contributed by atoms with Gasteiger partial charge in [-0.3, -0.25) is 9.78 Å². The van der Waals surface area contributed by atoms with Crippen molar-refractivity contribution in [3.63, 3.8) is 0 Å². The summed E-state index contributed by atoms with van der Waals surface area (Å²) in [5.41, 5.74) is 3.29. The van der Waals surface area contributed by atoms with E-state index in [1.165, 1.54) is 24.0 Å².